The molecule has 2 amide bonds. The van der Waals surface area contributed by atoms with Gasteiger partial charge in [-0.1, -0.05) is 23.7 Å². The summed E-state index contributed by atoms with van der Waals surface area (Å²) in [6.45, 7) is 1.20. The molecular weight excluding hydrogens is 469 g/mol. The average molecular weight is 496 g/mol. The van der Waals surface area contributed by atoms with Crippen LogP contribution < -0.4 is 5.32 Å². The van der Waals surface area contributed by atoms with Crippen molar-refractivity contribution in [1.82, 2.24) is 14.8 Å². The van der Waals surface area contributed by atoms with Gasteiger partial charge in [0.15, 0.2) is 0 Å². The number of hydrogen-bond acceptors (Lipinski definition) is 3. The molecule has 1 N–H and O–H groups in total. The molecule has 0 spiro atoms. The number of aromatic nitrogens is 1. The largest absolute Gasteiger partial charge is 0.350 e. The zero-order chi connectivity index (χ0) is 24.7. The van der Waals surface area contributed by atoms with Crippen molar-refractivity contribution in [2.45, 2.75) is 38.1 Å². The molecule has 0 unspecified atom stereocenters. The van der Waals surface area contributed by atoms with Gasteiger partial charge in [-0.3, -0.25) is 14.4 Å². The number of amides is 2. The maximum absolute atomic E-state index is 13.4. The first kappa shape index (κ1) is 23.5. The third kappa shape index (κ3) is 4.96. The molecule has 0 bridgehead atoms. The number of benzene rings is 2. The van der Waals surface area contributed by atoms with Crippen LogP contribution in [0.15, 0.2) is 42.6 Å². The smallest absolute Gasteiger partial charge is 0.292 e. The van der Waals surface area contributed by atoms with Gasteiger partial charge in [0.1, 0.15) is 5.82 Å². The number of piperidine rings is 1. The number of rotatable bonds is 6. The lowest BCUT2D eigenvalue weighted by atomic mass is 9.90. The highest BCUT2D eigenvalue weighted by atomic mass is 35.5. The molecule has 2 aliphatic rings. The van der Waals surface area contributed by atoms with E-state index < -0.39 is 11.7 Å². The van der Waals surface area contributed by atoms with Crippen molar-refractivity contribution < 1.29 is 18.8 Å². The normalized spacial score (nSPS) is 16.5. The van der Waals surface area contributed by atoms with Crippen LogP contribution in [0.4, 0.5) is 4.39 Å². The molecule has 1 aliphatic heterocycles. The maximum atomic E-state index is 13.4. The third-order valence-electron chi connectivity index (χ3n) is 7.01. The lowest BCUT2D eigenvalue weighted by Crippen LogP contribution is -2.39. The van der Waals surface area contributed by atoms with Gasteiger partial charge in [0.05, 0.1) is 21.7 Å². The second-order valence-electron chi connectivity index (χ2n) is 9.65. The van der Waals surface area contributed by atoms with Crippen LogP contribution in [0.3, 0.4) is 0 Å². The van der Waals surface area contributed by atoms with E-state index in [4.69, 9.17) is 11.6 Å². The fraction of sp³-hybridized carbons (Fsp3) is 0.370. The Labute approximate surface area is 208 Å². The Kier molecular flexibility index (Phi) is 6.36. The molecule has 0 radical (unpaired) electrons. The molecule has 2 fully saturated rings. The first-order valence-electron chi connectivity index (χ1n) is 12.0. The number of fused-ring (bicyclic) bond motifs is 1. The lowest BCUT2D eigenvalue weighted by Gasteiger charge is -2.32. The zero-order valence-corrected chi connectivity index (χ0v) is 20.3. The van der Waals surface area contributed by atoms with E-state index in [0.29, 0.717) is 40.5 Å². The SMILES string of the molecule is Cn1cc(C(=O)C(=O)NC2CC2)c2cc(C(=O)N3CCC(Cc4ccc(F)cc4)CC3)c(Cl)cc21. The van der Waals surface area contributed by atoms with Gasteiger partial charge in [0.25, 0.3) is 17.6 Å². The molecule has 8 heteroatoms. The molecular formula is C27H27ClFN3O3. The Morgan fingerprint density at radius 1 is 1.03 bits per heavy atom. The lowest BCUT2D eigenvalue weighted by molar-refractivity contribution is -0.117. The summed E-state index contributed by atoms with van der Waals surface area (Å²) in [5, 5.41) is 3.60. The summed E-state index contributed by atoms with van der Waals surface area (Å²) in [6, 6.07) is 9.98. The van der Waals surface area contributed by atoms with E-state index in [1.807, 2.05) is 12.1 Å². The van der Waals surface area contributed by atoms with Gasteiger partial charge in [-0.25, -0.2) is 4.39 Å². The first-order valence-corrected chi connectivity index (χ1v) is 12.4. The van der Waals surface area contributed by atoms with E-state index in [2.05, 4.69) is 5.32 Å². The van der Waals surface area contributed by atoms with Crippen molar-refractivity contribution in [3.8, 4) is 0 Å². The minimum Gasteiger partial charge on any atom is -0.350 e. The summed E-state index contributed by atoms with van der Waals surface area (Å²) in [6.07, 6.45) is 5.95. The van der Waals surface area contributed by atoms with Crippen molar-refractivity contribution >= 4 is 40.1 Å². The number of carbonyl (C=O) groups is 3. The molecule has 0 atom stereocenters. The summed E-state index contributed by atoms with van der Waals surface area (Å²) >= 11 is 6.51. The number of ketones is 1. The number of likely N-dealkylation sites (tertiary alicyclic amines) is 1. The number of carbonyl (C=O) groups excluding carboxylic acids is 3. The number of hydrogen-bond donors (Lipinski definition) is 1. The fourth-order valence-electron chi connectivity index (χ4n) is 4.81. The van der Waals surface area contributed by atoms with Crippen molar-refractivity contribution in [1.29, 1.82) is 0 Å². The van der Waals surface area contributed by atoms with Crippen molar-refractivity contribution in [2.75, 3.05) is 13.1 Å². The van der Waals surface area contributed by atoms with E-state index >= 15 is 0 Å². The highest BCUT2D eigenvalue weighted by Crippen LogP contribution is 2.31. The summed E-state index contributed by atoms with van der Waals surface area (Å²) < 4.78 is 14.9. The predicted octanol–water partition coefficient (Wildman–Crippen LogP) is 4.53. The highest BCUT2D eigenvalue weighted by Gasteiger charge is 2.30. The maximum Gasteiger partial charge on any atom is 0.292 e. The van der Waals surface area contributed by atoms with Crippen molar-refractivity contribution in [2.24, 2.45) is 13.0 Å². The van der Waals surface area contributed by atoms with Gasteiger partial charge < -0.3 is 14.8 Å². The topological polar surface area (TPSA) is 71.4 Å². The molecule has 1 aliphatic carbocycles. The minimum absolute atomic E-state index is 0.0824. The van der Waals surface area contributed by atoms with Crippen LogP contribution in [0.2, 0.25) is 5.02 Å². The van der Waals surface area contributed by atoms with Crippen LogP contribution in [0.25, 0.3) is 10.9 Å². The molecule has 1 saturated carbocycles. The average Bonchev–Trinajstić information content (AvgIpc) is 3.61. The predicted molar refractivity (Wildman–Crippen MR) is 132 cm³/mol. The molecule has 5 rings (SSSR count). The fourth-order valence-corrected chi connectivity index (χ4v) is 5.05. The molecule has 1 aromatic heterocycles. The molecule has 1 saturated heterocycles. The molecule has 2 aromatic carbocycles. The van der Waals surface area contributed by atoms with Crippen molar-refractivity contribution in [3.63, 3.8) is 0 Å². The van der Waals surface area contributed by atoms with Gasteiger partial charge in [0, 0.05) is 37.8 Å². The van der Waals surface area contributed by atoms with Gasteiger partial charge in [0.2, 0.25) is 0 Å². The Hall–Kier alpha value is -3.19. The van der Waals surface area contributed by atoms with Crippen LogP contribution in [-0.4, -0.2) is 46.2 Å². The summed E-state index contributed by atoms with van der Waals surface area (Å²) in [5.41, 5.74) is 2.38. The van der Waals surface area contributed by atoms with Gasteiger partial charge >= 0.3 is 0 Å². The third-order valence-corrected chi connectivity index (χ3v) is 7.32. The van der Waals surface area contributed by atoms with E-state index in [0.717, 1.165) is 37.7 Å². The number of aryl methyl sites for hydroxylation is 1. The molecule has 35 heavy (non-hydrogen) atoms. The van der Waals surface area contributed by atoms with Crippen LogP contribution in [0.5, 0.6) is 0 Å². The van der Waals surface area contributed by atoms with E-state index in [1.165, 1.54) is 12.1 Å². The first-order chi connectivity index (χ1) is 16.8. The Morgan fingerprint density at radius 3 is 2.37 bits per heavy atom. The Bertz CT molecular complexity index is 1310. The van der Waals surface area contributed by atoms with Crippen LogP contribution >= 0.6 is 11.6 Å². The van der Waals surface area contributed by atoms with Gasteiger partial charge in [-0.05, 0) is 67.9 Å². The zero-order valence-electron chi connectivity index (χ0n) is 19.5. The number of nitrogens with zero attached hydrogens (tertiary/aromatic N) is 2. The van der Waals surface area contributed by atoms with E-state index in [-0.39, 0.29) is 23.3 Å². The highest BCUT2D eigenvalue weighted by molar-refractivity contribution is 6.45. The molecule has 2 heterocycles. The number of Topliss-reactive ketones (excluding diaryl/α,β-unsaturated/α-hetero) is 1. The van der Waals surface area contributed by atoms with Crippen LogP contribution in [-0.2, 0) is 18.3 Å². The standard InChI is InChI=1S/C27H27ClFN3O3/c1-31-15-22(25(33)26(34)30-19-6-7-19)20-13-21(23(28)14-24(20)31)27(35)32-10-8-17(9-11-32)12-16-2-4-18(29)5-3-16/h2-5,13-15,17,19H,6-12H2,1H3,(H,30,34). The Morgan fingerprint density at radius 2 is 1.71 bits per heavy atom. The van der Waals surface area contributed by atoms with Crippen LogP contribution in [0.1, 0.15) is 52.0 Å². The summed E-state index contributed by atoms with van der Waals surface area (Å²) in [5.74, 6) is -1.22. The second kappa shape index (κ2) is 9.46. The van der Waals surface area contributed by atoms with Crippen molar-refractivity contribution in [3.05, 3.63) is 70.1 Å². The van der Waals surface area contributed by atoms with Gasteiger partial charge in [-0.15, -0.1) is 0 Å². The number of nitrogens with one attached hydrogen (secondary N) is 1. The summed E-state index contributed by atoms with van der Waals surface area (Å²) in [7, 11) is 1.78. The Balaban J connectivity index is 1.32. The second-order valence-corrected chi connectivity index (χ2v) is 10.1. The summed E-state index contributed by atoms with van der Waals surface area (Å²) in [4.78, 5) is 40.4. The molecule has 3 aromatic rings. The van der Waals surface area contributed by atoms with E-state index in [9.17, 15) is 18.8 Å². The number of halogens is 2. The molecule has 182 valence electrons. The monoisotopic (exact) mass is 495 g/mol. The van der Waals surface area contributed by atoms with Crippen LogP contribution in [0, 0.1) is 11.7 Å². The van der Waals surface area contributed by atoms with E-state index in [1.54, 1.807) is 34.8 Å². The minimum atomic E-state index is -0.619. The van der Waals surface area contributed by atoms with Gasteiger partial charge in [-0.2, -0.15) is 0 Å². The molecule has 6 nitrogen and oxygen atoms in total. The quantitative estimate of drug-likeness (QED) is 0.403.